The summed E-state index contributed by atoms with van der Waals surface area (Å²) in [6.45, 7) is -0.121. The Kier molecular flexibility index (Phi) is 4.09. The summed E-state index contributed by atoms with van der Waals surface area (Å²) in [5.41, 5.74) is -1.28. The minimum atomic E-state index is -4.59. The van der Waals surface area contributed by atoms with Crippen LogP contribution in [0.15, 0.2) is 36.4 Å². The third-order valence-electron chi connectivity index (χ3n) is 5.63. The summed E-state index contributed by atoms with van der Waals surface area (Å²) in [4.78, 5) is 38.3. The molecule has 3 aliphatic rings. The van der Waals surface area contributed by atoms with Crippen molar-refractivity contribution in [2.24, 2.45) is 23.7 Å². The fourth-order valence-electron chi connectivity index (χ4n) is 4.45. The zero-order valence-corrected chi connectivity index (χ0v) is 14.2. The number of anilines is 1. The van der Waals surface area contributed by atoms with Crippen molar-refractivity contribution in [1.82, 2.24) is 4.90 Å². The largest absolute Gasteiger partial charge is 0.418 e. The summed E-state index contributed by atoms with van der Waals surface area (Å²) in [5.74, 6) is -1.76. The molecule has 1 N–H and O–H groups in total. The number of carbonyl (C=O) groups excluding carboxylic acids is 3. The lowest BCUT2D eigenvalue weighted by Gasteiger charge is -2.17. The van der Waals surface area contributed by atoms with Gasteiger partial charge in [0.25, 0.3) is 0 Å². The van der Waals surface area contributed by atoms with Crippen LogP contribution in [-0.2, 0) is 20.6 Å². The van der Waals surface area contributed by atoms with Gasteiger partial charge in [0.1, 0.15) is 0 Å². The summed E-state index contributed by atoms with van der Waals surface area (Å²) >= 11 is 0. The molecule has 2 bridgehead atoms. The predicted molar refractivity (Wildman–Crippen MR) is 89.1 cm³/mol. The van der Waals surface area contributed by atoms with Crippen molar-refractivity contribution in [3.05, 3.63) is 42.0 Å². The number of halogens is 3. The van der Waals surface area contributed by atoms with Crippen LogP contribution in [0.1, 0.15) is 18.4 Å². The molecule has 1 aromatic carbocycles. The van der Waals surface area contributed by atoms with E-state index in [2.05, 4.69) is 5.32 Å². The molecule has 8 heteroatoms. The molecule has 0 radical (unpaired) electrons. The van der Waals surface area contributed by atoms with Crippen LogP contribution in [0.4, 0.5) is 18.9 Å². The Balaban J connectivity index is 1.40. The van der Waals surface area contributed by atoms with E-state index in [1.54, 1.807) is 0 Å². The monoisotopic (exact) mass is 378 g/mol. The number of nitrogens with zero attached hydrogens (tertiary/aromatic N) is 1. The highest BCUT2D eigenvalue weighted by Gasteiger charge is 2.59. The quantitative estimate of drug-likeness (QED) is 0.647. The molecule has 3 amide bonds. The Labute approximate surface area is 153 Å². The van der Waals surface area contributed by atoms with Gasteiger partial charge in [0.15, 0.2) is 0 Å². The molecule has 1 heterocycles. The topological polar surface area (TPSA) is 66.5 Å². The average Bonchev–Trinajstić information content (AvgIpc) is 3.27. The zero-order chi connectivity index (χ0) is 19.3. The van der Waals surface area contributed by atoms with Crippen LogP contribution >= 0.6 is 0 Å². The van der Waals surface area contributed by atoms with Crippen molar-refractivity contribution in [2.45, 2.75) is 19.0 Å². The maximum Gasteiger partial charge on any atom is 0.418 e. The van der Waals surface area contributed by atoms with Gasteiger partial charge in [0.2, 0.25) is 17.7 Å². The van der Waals surface area contributed by atoms with E-state index in [0.29, 0.717) is 0 Å². The number of imide groups is 1. The van der Waals surface area contributed by atoms with Gasteiger partial charge in [-0.25, -0.2) is 0 Å². The number of carbonyl (C=O) groups is 3. The third kappa shape index (κ3) is 2.93. The standard InChI is InChI=1S/C19H17F3N2O3/c20-19(21,22)12-3-1-2-4-13(12)23-14(25)7-8-24-17(26)15-10-5-6-11(9-10)16(15)18(24)27/h1-6,10-11,15-16H,7-9H2,(H,23,25)/t10-,11-,15-,16+/m1/s1. The number of benzene rings is 1. The third-order valence-corrected chi connectivity index (χ3v) is 5.63. The van der Waals surface area contributed by atoms with Crippen LogP contribution in [0.2, 0.25) is 0 Å². The molecule has 4 rings (SSSR count). The van der Waals surface area contributed by atoms with Crippen molar-refractivity contribution in [3.63, 3.8) is 0 Å². The van der Waals surface area contributed by atoms with Crippen LogP contribution in [0.5, 0.6) is 0 Å². The summed E-state index contributed by atoms with van der Waals surface area (Å²) in [7, 11) is 0. The van der Waals surface area contributed by atoms with Crippen molar-refractivity contribution in [3.8, 4) is 0 Å². The van der Waals surface area contributed by atoms with Crippen LogP contribution in [0.25, 0.3) is 0 Å². The molecule has 0 unspecified atom stereocenters. The van der Waals surface area contributed by atoms with Gasteiger partial charge in [0, 0.05) is 13.0 Å². The number of fused-ring (bicyclic) bond motifs is 5. The van der Waals surface area contributed by atoms with Crippen LogP contribution in [0.3, 0.4) is 0 Å². The molecule has 0 spiro atoms. The lowest BCUT2D eigenvalue weighted by Crippen LogP contribution is -2.35. The molecular weight excluding hydrogens is 361 g/mol. The fourth-order valence-corrected chi connectivity index (χ4v) is 4.45. The second kappa shape index (κ2) is 6.21. The first kappa shape index (κ1) is 17.8. The zero-order valence-electron chi connectivity index (χ0n) is 14.2. The van der Waals surface area contributed by atoms with E-state index in [-0.39, 0.29) is 54.1 Å². The summed E-state index contributed by atoms with van der Waals surface area (Å²) in [5, 5.41) is 2.23. The normalized spacial score (nSPS) is 28.8. The number of amides is 3. The SMILES string of the molecule is O=C(CCN1C(=O)[C@@H]2[C@H](C1=O)[C@@H]1C=C[C@@H]2C1)Nc1ccccc1C(F)(F)F. The van der Waals surface area contributed by atoms with Crippen molar-refractivity contribution in [2.75, 3.05) is 11.9 Å². The van der Waals surface area contributed by atoms with E-state index >= 15 is 0 Å². The van der Waals surface area contributed by atoms with E-state index in [0.717, 1.165) is 17.4 Å². The van der Waals surface area contributed by atoms with Crippen LogP contribution in [-0.4, -0.2) is 29.2 Å². The first-order chi connectivity index (χ1) is 12.8. The van der Waals surface area contributed by atoms with Gasteiger partial charge < -0.3 is 5.32 Å². The minimum Gasteiger partial charge on any atom is -0.325 e. The highest BCUT2D eigenvalue weighted by molar-refractivity contribution is 6.06. The lowest BCUT2D eigenvalue weighted by atomic mass is 9.85. The van der Waals surface area contributed by atoms with Gasteiger partial charge in [0.05, 0.1) is 23.1 Å². The number of hydrogen-bond acceptors (Lipinski definition) is 3. The van der Waals surface area contributed by atoms with E-state index in [9.17, 15) is 27.6 Å². The van der Waals surface area contributed by atoms with Gasteiger partial charge in [-0.15, -0.1) is 0 Å². The Morgan fingerprint density at radius 2 is 1.67 bits per heavy atom. The van der Waals surface area contributed by atoms with Crippen molar-refractivity contribution in [1.29, 1.82) is 0 Å². The molecule has 1 saturated heterocycles. The lowest BCUT2D eigenvalue weighted by molar-refractivity contribution is -0.141. The molecule has 142 valence electrons. The summed E-state index contributed by atoms with van der Waals surface area (Å²) < 4.78 is 39.0. The summed E-state index contributed by atoms with van der Waals surface area (Å²) in [6, 6.07) is 4.68. The minimum absolute atomic E-state index is 0.0777. The number of likely N-dealkylation sites (tertiary alicyclic amines) is 1. The Bertz CT molecular complexity index is 819. The molecule has 1 aromatic rings. The Morgan fingerprint density at radius 3 is 2.26 bits per heavy atom. The van der Waals surface area contributed by atoms with Crippen LogP contribution < -0.4 is 5.32 Å². The fraction of sp³-hybridized carbons (Fsp3) is 0.421. The molecule has 1 aliphatic heterocycles. The Hall–Kier alpha value is -2.64. The Morgan fingerprint density at radius 1 is 1.07 bits per heavy atom. The second-order valence-corrected chi connectivity index (χ2v) is 7.17. The molecule has 0 aromatic heterocycles. The highest BCUT2D eigenvalue weighted by atomic mass is 19.4. The number of hydrogen-bond donors (Lipinski definition) is 1. The molecule has 1 saturated carbocycles. The number of para-hydroxylation sites is 1. The molecule has 2 aliphatic carbocycles. The smallest absolute Gasteiger partial charge is 0.325 e. The van der Waals surface area contributed by atoms with Crippen molar-refractivity contribution < 1.29 is 27.6 Å². The molecule has 2 fully saturated rings. The van der Waals surface area contributed by atoms with Gasteiger partial charge in [-0.1, -0.05) is 24.3 Å². The molecular formula is C19H17F3N2O3. The average molecular weight is 378 g/mol. The highest BCUT2D eigenvalue weighted by Crippen LogP contribution is 2.52. The maximum absolute atomic E-state index is 13.0. The predicted octanol–water partition coefficient (Wildman–Crippen LogP) is 2.84. The maximum atomic E-state index is 13.0. The van der Waals surface area contributed by atoms with E-state index in [1.807, 2.05) is 12.2 Å². The van der Waals surface area contributed by atoms with E-state index < -0.39 is 17.6 Å². The van der Waals surface area contributed by atoms with E-state index in [1.165, 1.54) is 18.2 Å². The number of nitrogens with one attached hydrogen (secondary N) is 1. The van der Waals surface area contributed by atoms with Crippen LogP contribution in [0, 0.1) is 23.7 Å². The first-order valence-electron chi connectivity index (χ1n) is 8.77. The van der Waals surface area contributed by atoms with Gasteiger partial charge in [-0.3, -0.25) is 19.3 Å². The first-order valence-corrected chi connectivity index (χ1v) is 8.77. The van der Waals surface area contributed by atoms with Crippen molar-refractivity contribution >= 4 is 23.4 Å². The number of rotatable bonds is 4. The number of alkyl halides is 3. The molecule has 4 atom stereocenters. The molecule has 27 heavy (non-hydrogen) atoms. The number of allylic oxidation sites excluding steroid dienone is 2. The summed E-state index contributed by atoms with van der Waals surface area (Å²) in [6.07, 6.45) is -0.0711. The van der Waals surface area contributed by atoms with Gasteiger partial charge >= 0.3 is 6.18 Å². The van der Waals surface area contributed by atoms with E-state index in [4.69, 9.17) is 0 Å². The second-order valence-electron chi connectivity index (χ2n) is 7.17. The van der Waals surface area contributed by atoms with Gasteiger partial charge in [-0.05, 0) is 30.4 Å². The van der Waals surface area contributed by atoms with Gasteiger partial charge in [-0.2, -0.15) is 13.2 Å². The molecule has 5 nitrogen and oxygen atoms in total.